The van der Waals surface area contributed by atoms with E-state index >= 15 is 0 Å². The molecule has 168 valence electrons. The number of hydrogen-bond acceptors (Lipinski definition) is 5. The van der Waals surface area contributed by atoms with E-state index in [0.29, 0.717) is 33.0 Å². The van der Waals surface area contributed by atoms with Crippen molar-refractivity contribution in [1.82, 2.24) is 15.2 Å². The van der Waals surface area contributed by atoms with Crippen molar-refractivity contribution in [2.45, 2.75) is 12.5 Å². The van der Waals surface area contributed by atoms with Gasteiger partial charge in [-0.1, -0.05) is 18.2 Å². The Morgan fingerprint density at radius 1 is 1.09 bits per heavy atom. The summed E-state index contributed by atoms with van der Waals surface area (Å²) >= 11 is 1.15. The van der Waals surface area contributed by atoms with Gasteiger partial charge in [0.25, 0.3) is 11.5 Å². The molecule has 1 atom stereocenters. The van der Waals surface area contributed by atoms with Gasteiger partial charge in [-0.3, -0.25) is 14.2 Å². The number of pyridine rings is 1. The summed E-state index contributed by atoms with van der Waals surface area (Å²) in [6.07, 6.45) is 0.806. The average Bonchev–Trinajstić information content (AvgIpc) is 3.44. The van der Waals surface area contributed by atoms with Crippen molar-refractivity contribution in [3.05, 3.63) is 87.5 Å². The minimum absolute atomic E-state index is 0.0190. The van der Waals surface area contributed by atoms with E-state index < -0.39 is 11.6 Å². The lowest BCUT2D eigenvalue weighted by Crippen LogP contribution is -2.36. The highest BCUT2D eigenvalue weighted by Gasteiger charge is 2.25. The maximum atomic E-state index is 14.4. The fraction of sp³-hybridized carbons (Fsp3) is 0.167. The molecule has 1 fully saturated rings. The smallest absolute Gasteiger partial charge is 0.263 e. The highest BCUT2D eigenvalue weighted by atomic mass is 32.1. The molecule has 4 aromatic rings. The lowest BCUT2D eigenvalue weighted by molar-refractivity contribution is 0.0945. The van der Waals surface area contributed by atoms with Crippen LogP contribution in [0, 0.1) is 11.6 Å². The van der Waals surface area contributed by atoms with Crippen molar-refractivity contribution < 1.29 is 13.6 Å². The third-order valence-electron chi connectivity index (χ3n) is 5.55. The summed E-state index contributed by atoms with van der Waals surface area (Å²) in [5.41, 5.74) is 0.806. The Balaban J connectivity index is 1.68. The topological polar surface area (TPSA) is 75.2 Å². The number of rotatable bonds is 5. The molecule has 33 heavy (non-hydrogen) atoms. The van der Waals surface area contributed by atoms with Gasteiger partial charge in [-0.15, -0.1) is 11.3 Å². The van der Waals surface area contributed by atoms with Crippen molar-refractivity contribution in [1.29, 1.82) is 0 Å². The predicted molar refractivity (Wildman–Crippen MR) is 126 cm³/mol. The van der Waals surface area contributed by atoms with Crippen LogP contribution in [0.1, 0.15) is 16.1 Å². The molecule has 3 N–H and O–H groups in total. The maximum Gasteiger partial charge on any atom is 0.263 e. The predicted octanol–water partition coefficient (Wildman–Crippen LogP) is 4.17. The molecular formula is C24H20F2N4O2S. The van der Waals surface area contributed by atoms with Crippen molar-refractivity contribution >= 4 is 38.8 Å². The monoisotopic (exact) mass is 466 g/mol. The molecule has 6 nitrogen and oxygen atoms in total. The van der Waals surface area contributed by atoms with Crippen LogP contribution in [0.2, 0.25) is 0 Å². The number of benzene rings is 2. The first-order chi connectivity index (χ1) is 16.0. The van der Waals surface area contributed by atoms with Gasteiger partial charge in [-0.05, 0) is 43.3 Å². The molecule has 9 heteroatoms. The number of hydrogen-bond donors (Lipinski definition) is 3. The zero-order valence-corrected chi connectivity index (χ0v) is 18.2. The maximum absolute atomic E-state index is 14.4. The number of halogens is 2. The van der Waals surface area contributed by atoms with E-state index in [9.17, 15) is 18.4 Å². The second-order valence-corrected chi connectivity index (χ2v) is 8.78. The van der Waals surface area contributed by atoms with Gasteiger partial charge in [0.15, 0.2) is 0 Å². The van der Waals surface area contributed by atoms with Crippen LogP contribution < -0.4 is 21.5 Å². The lowest BCUT2D eigenvalue weighted by Gasteiger charge is -2.13. The number of thiophene rings is 1. The van der Waals surface area contributed by atoms with Gasteiger partial charge in [0, 0.05) is 30.1 Å². The molecule has 1 aliphatic heterocycles. The molecule has 2 aromatic heterocycles. The Morgan fingerprint density at radius 2 is 1.91 bits per heavy atom. The molecule has 3 heterocycles. The highest BCUT2D eigenvalue weighted by molar-refractivity contribution is 7.21. The summed E-state index contributed by atoms with van der Waals surface area (Å²) < 4.78 is 29.4. The van der Waals surface area contributed by atoms with Crippen molar-refractivity contribution in [2.24, 2.45) is 0 Å². The quantitative estimate of drug-likeness (QED) is 0.413. The van der Waals surface area contributed by atoms with Crippen LogP contribution in [-0.2, 0) is 0 Å². The van der Waals surface area contributed by atoms with Crippen LogP contribution >= 0.6 is 11.3 Å². The van der Waals surface area contributed by atoms with Crippen LogP contribution in [0.25, 0.3) is 15.9 Å². The van der Waals surface area contributed by atoms with Gasteiger partial charge in [0.2, 0.25) is 0 Å². The van der Waals surface area contributed by atoms with Gasteiger partial charge >= 0.3 is 0 Å². The second-order valence-electron chi connectivity index (χ2n) is 7.78. The standard InChI is InChI=1S/C24H20F2N4O2S/c25-14-6-8-19(18(26)12-14)29-21-17-7-9-20(31)30(16-4-2-1-3-5-16)24(17)33-22(21)23(32)28-15-10-11-27-13-15/h1-9,12,15,27,29H,10-11,13H2,(H,28,32)/t15-/m0/s1. The largest absolute Gasteiger partial charge is 0.351 e. The van der Waals surface area contributed by atoms with Gasteiger partial charge < -0.3 is 16.0 Å². The summed E-state index contributed by atoms with van der Waals surface area (Å²) in [6, 6.07) is 15.3. The third-order valence-corrected chi connectivity index (χ3v) is 6.74. The zero-order valence-electron chi connectivity index (χ0n) is 17.4. The number of nitrogens with zero attached hydrogens (tertiary/aromatic N) is 1. The first kappa shape index (κ1) is 21.3. The molecule has 1 amide bonds. The van der Waals surface area contributed by atoms with E-state index in [0.717, 1.165) is 36.4 Å². The van der Waals surface area contributed by atoms with E-state index in [-0.39, 0.29) is 23.2 Å². The van der Waals surface area contributed by atoms with Crippen molar-refractivity contribution in [3.8, 4) is 5.69 Å². The number of nitrogens with one attached hydrogen (secondary N) is 3. The fourth-order valence-corrected chi connectivity index (χ4v) is 5.12. The van der Waals surface area contributed by atoms with E-state index in [1.54, 1.807) is 18.2 Å². The number of aromatic nitrogens is 1. The summed E-state index contributed by atoms with van der Waals surface area (Å²) in [5.74, 6) is -1.79. The SMILES string of the molecule is O=C(N[C@H]1CCNC1)c1sc2c(ccc(=O)n2-c2ccccc2)c1Nc1ccc(F)cc1F. The number of amides is 1. The minimum Gasteiger partial charge on any atom is -0.351 e. The summed E-state index contributed by atoms with van der Waals surface area (Å²) in [7, 11) is 0. The van der Waals surface area contributed by atoms with Crippen molar-refractivity contribution in [2.75, 3.05) is 18.4 Å². The fourth-order valence-electron chi connectivity index (χ4n) is 3.94. The molecular weight excluding hydrogens is 446 g/mol. The Hall–Kier alpha value is -3.56. The Kier molecular flexibility index (Phi) is 5.65. The molecule has 0 aliphatic carbocycles. The zero-order chi connectivity index (χ0) is 22.9. The highest BCUT2D eigenvalue weighted by Crippen LogP contribution is 2.38. The normalized spacial score (nSPS) is 15.6. The molecule has 0 unspecified atom stereocenters. The number of carbonyl (C=O) groups excluding carboxylic acids is 1. The van der Waals surface area contributed by atoms with Crippen LogP contribution in [-0.4, -0.2) is 29.6 Å². The molecule has 1 saturated heterocycles. The summed E-state index contributed by atoms with van der Waals surface area (Å²) in [5, 5.41) is 9.77. The molecule has 0 spiro atoms. The van der Waals surface area contributed by atoms with E-state index in [1.807, 2.05) is 18.2 Å². The number of para-hydroxylation sites is 1. The molecule has 2 aromatic carbocycles. The summed E-state index contributed by atoms with van der Waals surface area (Å²) in [6.45, 7) is 1.48. The molecule has 5 rings (SSSR count). The lowest BCUT2D eigenvalue weighted by atomic mass is 10.2. The first-order valence-electron chi connectivity index (χ1n) is 10.5. The molecule has 0 saturated carbocycles. The van der Waals surface area contributed by atoms with Crippen molar-refractivity contribution in [3.63, 3.8) is 0 Å². The van der Waals surface area contributed by atoms with Gasteiger partial charge in [0.1, 0.15) is 21.3 Å². The second kappa shape index (κ2) is 8.76. The van der Waals surface area contributed by atoms with Crippen LogP contribution in [0.5, 0.6) is 0 Å². The third kappa shape index (κ3) is 4.12. The number of carbonyl (C=O) groups is 1. The van der Waals surface area contributed by atoms with Crippen LogP contribution in [0.4, 0.5) is 20.2 Å². The number of anilines is 2. The minimum atomic E-state index is -0.780. The van der Waals surface area contributed by atoms with E-state index in [2.05, 4.69) is 16.0 Å². The first-order valence-corrected chi connectivity index (χ1v) is 11.3. The van der Waals surface area contributed by atoms with Gasteiger partial charge in [0.05, 0.1) is 17.1 Å². The Labute approximate surface area is 191 Å². The van der Waals surface area contributed by atoms with Gasteiger partial charge in [-0.25, -0.2) is 8.78 Å². The average molecular weight is 467 g/mol. The molecule has 1 aliphatic rings. The molecule has 0 bridgehead atoms. The van der Waals surface area contributed by atoms with Crippen LogP contribution in [0.15, 0.2) is 65.5 Å². The molecule has 0 radical (unpaired) electrons. The van der Waals surface area contributed by atoms with Gasteiger partial charge in [-0.2, -0.15) is 0 Å². The number of fused-ring (bicyclic) bond motifs is 1. The van der Waals surface area contributed by atoms with E-state index in [4.69, 9.17) is 0 Å². The summed E-state index contributed by atoms with van der Waals surface area (Å²) in [4.78, 5) is 26.9. The van der Waals surface area contributed by atoms with Crippen LogP contribution in [0.3, 0.4) is 0 Å². The van der Waals surface area contributed by atoms with E-state index in [1.165, 1.54) is 16.7 Å². The Bertz CT molecular complexity index is 1400. The Morgan fingerprint density at radius 3 is 2.64 bits per heavy atom.